The third-order valence-electron chi connectivity index (χ3n) is 7.81. The molecule has 2 aromatic carbocycles. The van der Waals surface area contributed by atoms with E-state index in [1.807, 2.05) is 4.90 Å². The van der Waals surface area contributed by atoms with Crippen molar-refractivity contribution in [2.24, 2.45) is 0 Å². The third kappa shape index (κ3) is 6.66. The standard InChI is InChI=1S/C33H28Cl6N2O7/c1-5-6-14-27(42)18(34)11-15-20(21-22(31(44)45)24(37)26(39)25(38)23(21)36)16-12-19(35)28(43)17(30(16)47-29(14)15)13-40-7-9-41(10-8-40)32(46)48-33(2,3)4/h5,11-12,43H,1,6-10,13H2,2-4H3,(H,44,45). The molecule has 5 rings (SSSR count). The smallest absolute Gasteiger partial charge is 0.410 e. The van der Waals surface area contributed by atoms with Crippen LogP contribution in [-0.4, -0.2) is 63.9 Å². The summed E-state index contributed by atoms with van der Waals surface area (Å²) in [5.74, 6) is -1.73. The minimum absolute atomic E-state index is 0.0352. The highest BCUT2D eigenvalue weighted by Gasteiger charge is 2.34. The summed E-state index contributed by atoms with van der Waals surface area (Å²) in [4.78, 5) is 42.3. The number of benzene rings is 3. The summed E-state index contributed by atoms with van der Waals surface area (Å²) < 4.78 is 12.0. The molecular formula is C33H28Cl6N2O7. The van der Waals surface area contributed by atoms with Gasteiger partial charge in [-0.3, -0.25) is 9.69 Å². The number of carbonyl (C=O) groups excluding carboxylic acids is 1. The molecule has 3 aliphatic rings. The number of hydrogen-bond donors (Lipinski definition) is 2. The van der Waals surface area contributed by atoms with Gasteiger partial charge in [-0.1, -0.05) is 75.7 Å². The van der Waals surface area contributed by atoms with E-state index < -0.39 is 28.7 Å². The molecule has 48 heavy (non-hydrogen) atoms. The lowest BCUT2D eigenvalue weighted by molar-refractivity contribution is 0.0138. The number of amides is 1. The van der Waals surface area contributed by atoms with Gasteiger partial charge in [0.15, 0.2) is 0 Å². The molecular weight excluding hydrogens is 749 g/mol. The molecule has 2 aliphatic heterocycles. The predicted octanol–water partition coefficient (Wildman–Crippen LogP) is 9.67. The number of carboxylic acid groups (broad SMARTS) is 1. The lowest BCUT2D eigenvalue weighted by atomic mass is 9.87. The molecule has 1 amide bonds. The number of fused-ring (bicyclic) bond motifs is 2. The molecule has 9 nitrogen and oxygen atoms in total. The molecule has 1 saturated heterocycles. The van der Waals surface area contributed by atoms with Crippen molar-refractivity contribution < 1.29 is 29.0 Å². The van der Waals surface area contributed by atoms with Crippen LogP contribution in [0.15, 0.2) is 34.0 Å². The topological polar surface area (TPSA) is 121 Å². The van der Waals surface area contributed by atoms with Gasteiger partial charge in [0.2, 0.25) is 5.43 Å². The zero-order valence-electron chi connectivity index (χ0n) is 25.8. The number of halogens is 6. The number of phenols is 1. The highest BCUT2D eigenvalue weighted by Crippen LogP contribution is 2.53. The van der Waals surface area contributed by atoms with Crippen LogP contribution >= 0.6 is 69.6 Å². The minimum atomic E-state index is -1.47. The van der Waals surface area contributed by atoms with Crippen LogP contribution in [0.3, 0.4) is 0 Å². The zero-order valence-corrected chi connectivity index (χ0v) is 30.3. The number of carboxylic acids is 1. The Morgan fingerprint density at radius 1 is 0.938 bits per heavy atom. The molecule has 2 heterocycles. The van der Waals surface area contributed by atoms with Gasteiger partial charge in [0, 0.05) is 60.4 Å². The Morgan fingerprint density at radius 2 is 1.56 bits per heavy atom. The number of nitrogens with zero attached hydrogens (tertiary/aromatic N) is 2. The van der Waals surface area contributed by atoms with E-state index in [-0.39, 0.29) is 93.4 Å². The number of carbonyl (C=O) groups is 2. The molecule has 0 saturated carbocycles. The van der Waals surface area contributed by atoms with Crippen molar-refractivity contribution in [1.29, 1.82) is 0 Å². The number of phenolic OH excluding ortho intramolecular Hbond substituents is 1. The molecule has 1 fully saturated rings. The van der Waals surface area contributed by atoms with Crippen LogP contribution in [0.5, 0.6) is 5.75 Å². The van der Waals surface area contributed by atoms with E-state index in [1.165, 1.54) is 18.2 Å². The summed E-state index contributed by atoms with van der Waals surface area (Å²) >= 11 is 39.0. The fourth-order valence-electron chi connectivity index (χ4n) is 5.65. The molecule has 254 valence electrons. The highest BCUT2D eigenvalue weighted by atomic mass is 35.5. The number of aromatic carboxylic acids is 1. The summed E-state index contributed by atoms with van der Waals surface area (Å²) in [6.45, 7) is 10.7. The molecule has 0 bridgehead atoms. The van der Waals surface area contributed by atoms with Crippen molar-refractivity contribution in [3.8, 4) is 28.2 Å². The third-order valence-corrected chi connectivity index (χ3v) is 10.2. The van der Waals surface area contributed by atoms with Gasteiger partial charge < -0.3 is 24.3 Å². The molecule has 0 atom stereocenters. The van der Waals surface area contributed by atoms with Crippen molar-refractivity contribution in [3.63, 3.8) is 0 Å². The highest BCUT2D eigenvalue weighted by molar-refractivity contribution is 6.54. The van der Waals surface area contributed by atoms with Crippen LogP contribution < -0.4 is 5.43 Å². The normalized spacial score (nSPS) is 14.1. The van der Waals surface area contributed by atoms with Crippen LogP contribution in [0, 0.1) is 0 Å². The van der Waals surface area contributed by atoms with E-state index in [4.69, 9.17) is 78.8 Å². The molecule has 2 aromatic rings. The van der Waals surface area contributed by atoms with Gasteiger partial charge >= 0.3 is 12.1 Å². The van der Waals surface area contributed by atoms with Crippen LogP contribution in [0.4, 0.5) is 4.79 Å². The van der Waals surface area contributed by atoms with E-state index in [0.29, 0.717) is 26.2 Å². The first kappa shape index (κ1) is 36.4. The predicted molar refractivity (Wildman–Crippen MR) is 190 cm³/mol. The number of aromatic hydroxyl groups is 1. The van der Waals surface area contributed by atoms with Crippen molar-refractivity contribution in [2.45, 2.75) is 39.3 Å². The second-order valence-corrected chi connectivity index (χ2v) is 14.5. The second-order valence-electron chi connectivity index (χ2n) is 12.1. The van der Waals surface area contributed by atoms with Gasteiger partial charge in [-0.25, -0.2) is 9.59 Å². The Morgan fingerprint density at radius 3 is 2.15 bits per heavy atom. The van der Waals surface area contributed by atoms with Gasteiger partial charge in [-0.2, -0.15) is 0 Å². The van der Waals surface area contributed by atoms with Crippen molar-refractivity contribution in [3.05, 3.63) is 81.8 Å². The first-order chi connectivity index (χ1) is 22.5. The molecule has 0 spiro atoms. The van der Waals surface area contributed by atoms with Gasteiger partial charge in [0.05, 0.1) is 41.3 Å². The fraction of sp³-hybridized carbons (Fsp3) is 0.303. The van der Waals surface area contributed by atoms with Crippen molar-refractivity contribution >= 4 is 92.6 Å². The Hall–Kier alpha value is -2.89. The maximum absolute atomic E-state index is 13.3. The lowest BCUT2D eigenvalue weighted by Gasteiger charge is -2.35. The summed E-state index contributed by atoms with van der Waals surface area (Å²) in [5, 5.41) is 20.5. The molecule has 0 radical (unpaired) electrons. The Kier molecular flexibility index (Phi) is 10.5. The van der Waals surface area contributed by atoms with E-state index in [9.17, 15) is 24.6 Å². The maximum Gasteiger partial charge on any atom is 0.410 e. The Labute approximate surface area is 305 Å². The number of rotatable bonds is 6. The van der Waals surface area contributed by atoms with Crippen LogP contribution in [-0.2, 0) is 17.7 Å². The minimum Gasteiger partial charge on any atom is -0.506 e. The first-order valence-corrected chi connectivity index (χ1v) is 16.8. The number of ether oxygens (including phenoxy) is 1. The molecule has 0 unspecified atom stereocenters. The van der Waals surface area contributed by atoms with Crippen LogP contribution in [0.2, 0.25) is 30.1 Å². The number of piperazine rings is 1. The van der Waals surface area contributed by atoms with Gasteiger partial charge in [0.1, 0.15) is 22.7 Å². The quantitative estimate of drug-likeness (QED) is 0.0860. The lowest BCUT2D eigenvalue weighted by Crippen LogP contribution is -2.49. The first-order valence-electron chi connectivity index (χ1n) is 14.5. The summed E-state index contributed by atoms with van der Waals surface area (Å²) in [5.41, 5.74) is -1.03. The molecule has 1 aliphatic carbocycles. The Bertz CT molecular complexity index is 2030. The summed E-state index contributed by atoms with van der Waals surface area (Å²) in [6, 6.07) is 2.72. The van der Waals surface area contributed by atoms with E-state index in [0.717, 1.165) is 0 Å². The van der Waals surface area contributed by atoms with E-state index in [2.05, 4.69) is 6.58 Å². The van der Waals surface area contributed by atoms with E-state index in [1.54, 1.807) is 25.7 Å². The average Bonchev–Trinajstić information content (AvgIpc) is 3.01. The summed E-state index contributed by atoms with van der Waals surface area (Å²) in [7, 11) is 0. The van der Waals surface area contributed by atoms with Gasteiger partial charge in [-0.05, 0) is 39.3 Å². The largest absolute Gasteiger partial charge is 0.506 e. The number of hydrogen-bond acceptors (Lipinski definition) is 7. The molecule has 0 aromatic heterocycles. The average molecular weight is 777 g/mol. The molecule has 15 heteroatoms. The SMILES string of the molecule is C=CCc1c2oc3c(CN4CCN(C(=O)OC(C)(C)C)CC4)c(O)c(Cl)cc3c(-c3c(Cl)c(Cl)c(Cl)c(Cl)c3C(=O)O)c-2cc(Cl)c1=O. The van der Waals surface area contributed by atoms with Gasteiger partial charge in [0.25, 0.3) is 0 Å². The van der Waals surface area contributed by atoms with Crippen LogP contribution in [0.25, 0.3) is 33.4 Å². The monoisotopic (exact) mass is 774 g/mol. The van der Waals surface area contributed by atoms with Gasteiger partial charge in [-0.15, -0.1) is 6.58 Å². The number of allylic oxidation sites excluding steroid dienone is 1. The maximum atomic E-state index is 13.3. The van der Waals surface area contributed by atoms with Crippen molar-refractivity contribution in [2.75, 3.05) is 26.2 Å². The fourth-order valence-corrected chi connectivity index (χ4v) is 7.12. The Balaban J connectivity index is 1.80. The molecule has 2 N–H and O–H groups in total. The van der Waals surface area contributed by atoms with E-state index >= 15 is 0 Å². The van der Waals surface area contributed by atoms with Crippen molar-refractivity contribution in [1.82, 2.24) is 9.80 Å². The second kappa shape index (κ2) is 13.8. The summed E-state index contributed by atoms with van der Waals surface area (Å²) in [6.07, 6.45) is 1.09. The van der Waals surface area contributed by atoms with Crippen LogP contribution in [0.1, 0.15) is 42.3 Å². The zero-order chi connectivity index (χ0) is 35.4.